The van der Waals surface area contributed by atoms with Crippen molar-refractivity contribution in [3.63, 3.8) is 0 Å². The maximum atomic E-state index is 11.3. The third-order valence-corrected chi connectivity index (χ3v) is 6.10. The van der Waals surface area contributed by atoms with Crippen LogP contribution in [0.1, 0.15) is 12.8 Å². The van der Waals surface area contributed by atoms with E-state index >= 15 is 0 Å². The number of hydrogen-bond donors (Lipinski definition) is 2. The molecule has 0 amide bonds. The molecule has 2 N–H and O–H groups in total. The van der Waals surface area contributed by atoms with E-state index in [-0.39, 0.29) is 5.92 Å². The Kier molecular flexibility index (Phi) is 4.86. The first kappa shape index (κ1) is 19.6. The van der Waals surface area contributed by atoms with Gasteiger partial charge in [-0.1, -0.05) is 11.6 Å². The molecule has 0 atom stereocenters. The molecule has 9 heteroatoms. The number of carboxylic acid groups (broad SMARTS) is 1. The number of H-pyrrole nitrogens is 1. The fourth-order valence-electron chi connectivity index (χ4n) is 4.05. The van der Waals surface area contributed by atoms with Gasteiger partial charge in [-0.2, -0.15) is 4.98 Å². The minimum absolute atomic E-state index is 0.307. The maximum Gasteiger partial charge on any atom is 0.306 e. The third kappa shape index (κ3) is 3.63. The van der Waals surface area contributed by atoms with E-state index in [0.717, 1.165) is 33.4 Å². The highest BCUT2D eigenvalue weighted by molar-refractivity contribution is 6.31. The molecule has 1 saturated heterocycles. The van der Waals surface area contributed by atoms with Crippen molar-refractivity contribution in [3.05, 3.63) is 47.7 Å². The summed E-state index contributed by atoms with van der Waals surface area (Å²) in [5, 5.41) is 10.8. The predicted octanol–water partition coefficient (Wildman–Crippen LogP) is 4.23. The number of aromatic amines is 1. The number of halogens is 1. The summed E-state index contributed by atoms with van der Waals surface area (Å²) in [6.07, 6.45) is 2.84. The van der Waals surface area contributed by atoms with Gasteiger partial charge in [0.1, 0.15) is 5.82 Å². The molecule has 3 heterocycles. The summed E-state index contributed by atoms with van der Waals surface area (Å²) in [6.45, 7) is 1.22. The lowest BCUT2D eigenvalue weighted by Gasteiger charge is -2.31. The molecular weight excluding hydrogens is 416 g/mol. The highest BCUT2D eigenvalue weighted by atomic mass is 35.5. The number of nitrogens with one attached hydrogen (secondary N) is 1. The molecule has 158 valence electrons. The average molecular weight is 437 g/mol. The summed E-state index contributed by atoms with van der Waals surface area (Å²) >= 11 is 6.29. The van der Waals surface area contributed by atoms with E-state index in [1.165, 1.54) is 0 Å². The van der Waals surface area contributed by atoms with Crippen molar-refractivity contribution in [2.45, 2.75) is 12.8 Å². The molecule has 0 saturated carbocycles. The van der Waals surface area contributed by atoms with Gasteiger partial charge in [-0.3, -0.25) is 4.79 Å². The first-order valence-electron chi connectivity index (χ1n) is 10.1. The molecule has 0 unspecified atom stereocenters. The van der Waals surface area contributed by atoms with Crippen LogP contribution in [0.3, 0.4) is 0 Å². The van der Waals surface area contributed by atoms with Crippen LogP contribution in [-0.4, -0.2) is 51.1 Å². The number of aromatic nitrogens is 4. The van der Waals surface area contributed by atoms with Crippen LogP contribution in [-0.2, 0) is 4.79 Å². The van der Waals surface area contributed by atoms with Gasteiger partial charge >= 0.3 is 5.97 Å². The van der Waals surface area contributed by atoms with E-state index in [1.54, 1.807) is 6.33 Å². The smallest absolute Gasteiger partial charge is 0.306 e. The Bertz CT molecular complexity index is 1280. The molecule has 8 nitrogen and oxygen atoms in total. The largest absolute Gasteiger partial charge is 0.481 e. The number of anilines is 3. The van der Waals surface area contributed by atoms with E-state index in [1.807, 2.05) is 48.3 Å². The summed E-state index contributed by atoms with van der Waals surface area (Å²) in [7, 11) is 1.96. The second-order valence-corrected chi connectivity index (χ2v) is 8.21. The highest BCUT2D eigenvalue weighted by Crippen LogP contribution is 2.34. The standard InChI is InChI=1S/C22H21ClN6O2/c1-28(15-3-5-18-19(11-15)25-12-24-18)20-16-10-14(23)2-4-17(16)26-22(27-20)29-8-6-13(7-9-29)21(30)31/h2-5,10-13H,6-9H2,1H3,(H,24,25)(H,30,31). The maximum absolute atomic E-state index is 11.3. The third-order valence-electron chi connectivity index (χ3n) is 5.86. The lowest BCUT2D eigenvalue weighted by atomic mass is 9.97. The van der Waals surface area contributed by atoms with Crippen molar-refractivity contribution < 1.29 is 9.90 Å². The first-order valence-corrected chi connectivity index (χ1v) is 10.5. The van der Waals surface area contributed by atoms with E-state index in [4.69, 9.17) is 21.6 Å². The van der Waals surface area contributed by atoms with Gasteiger partial charge in [-0.05, 0) is 49.2 Å². The fraction of sp³-hybridized carbons (Fsp3) is 0.273. The monoisotopic (exact) mass is 436 g/mol. The van der Waals surface area contributed by atoms with Crippen LogP contribution in [0.5, 0.6) is 0 Å². The zero-order chi connectivity index (χ0) is 21.5. The van der Waals surface area contributed by atoms with Crippen LogP contribution >= 0.6 is 11.6 Å². The quantitative estimate of drug-likeness (QED) is 0.494. The Labute approximate surface area is 183 Å². The Hall–Kier alpha value is -3.39. The molecule has 2 aromatic heterocycles. The number of carboxylic acids is 1. The number of carbonyl (C=O) groups is 1. The van der Waals surface area contributed by atoms with Gasteiger partial charge in [0, 0.05) is 36.2 Å². The summed E-state index contributed by atoms with van der Waals surface area (Å²) in [5.41, 5.74) is 3.58. The lowest BCUT2D eigenvalue weighted by molar-refractivity contribution is -0.142. The Balaban J connectivity index is 1.57. The number of aliphatic carboxylic acids is 1. The Morgan fingerprint density at radius 3 is 2.71 bits per heavy atom. The normalized spacial score (nSPS) is 15.0. The molecule has 5 rings (SSSR count). The minimum Gasteiger partial charge on any atom is -0.481 e. The highest BCUT2D eigenvalue weighted by Gasteiger charge is 2.26. The van der Waals surface area contributed by atoms with Crippen molar-refractivity contribution in [1.29, 1.82) is 0 Å². The molecule has 1 fully saturated rings. The summed E-state index contributed by atoms with van der Waals surface area (Å²) < 4.78 is 0. The van der Waals surface area contributed by atoms with E-state index in [9.17, 15) is 9.90 Å². The Morgan fingerprint density at radius 1 is 1.16 bits per heavy atom. The van der Waals surface area contributed by atoms with Crippen LogP contribution < -0.4 is 9.80 Å². The molecule has 31 heavy (non-hydrogen) atoms. The van der Waals surface area contributed by atoms with Gasteiger partial charge in [0.15, 0.2) is 0 Å². The van der Waals surface area contributed by atoms with Gasteiger partial charge < -0.3 is 19.9 Å². The van der Waals surface area contributed by atoms with Gasteiger partial charge in [0.05, 0.1) is 28.8 Å². The number of piperidine rings is 1. The van der Waals surface area contributed by atoms with Crippen molar-refractivity contribution in [2.75, 3.05) is 29.9 Å². The zero-order valence-corrected chi connectivity index (χ0v) is 17.7. The summed E-state index contributed by atoms with van der Waals surface area (Å²) in [6, 6.07) is 11.6. The van der Waals surface area contributed by atoms with Crippen LogP contribution in [0.2, 0.25) is 5.02 Å². The topological polar surface area (TPSA) is 98.2 Å². The molecule has 2 aromatic carbocycles. The predicted molar refractivity (Wildman–Crippen MR) is 121 cm³/mol. The van der Waals surface area contributed by atoms with Gasteiger partial charge in [0.25, 0.3) is 0 Å². The van der Waals surface area contributed by atoms with Crippen molar-refractivity contribution in [2.24, 2.45) is 5.92 Å². The first-order chi connectivity index (χ1) is 15.0. The fourth-order valence-corrected chi connectivity index (χ4v) is 4.22. The number of rotatable bonds is 4. The van der Waals surface area contributed by atoms with Crippen LogP contribution in [0.4, 0.5) is 17.5 Å². The summed E-state index contributed by atoms with van der Waals surface area (Å²) in [4.78, 5) is 32.4. The van der Waals surface area contributed by atoms with Crippen LogP contribution in [0.15, 0.2) is 42.7 Å². The van der Waals surface area contributed by atoms with Crippen molar-refractivity contribution in [3.8, 4) is 0 Å². The molecule has 0 bridgehead atoms. The van der Waals surface area contributed by atoms with Gasteiger partial charge in [0.2, 0.25) is 5.95 Å². The van der Waals surface area contributed by atoms with E-state index < -0.39 is 5.97 Å². The van der Waals surface area contributed by atoms with E-state index in [2.05, 4.69) is 14.9 Å². The molecule has 0 spiro atoms. The van der Waals surface area contributed by atoms with Gasteiger partial charge in [-0.15, -0.1) is 0 Å². The molecule has 1 aliphatic rings. The molecular formula is C22H21ClN6O2. The lowest BCUT2D eigenvalue weighted by Crippen LogP contribution is -2.37. The van der Waals surface area contributed by atoms with Crippen molar-refractivity contribution >= 4 is 57.0 Å². The second-order valence-electron chi connectivity index (χ2n) is 7.77. The molecule has 0 aliphatic carbocycles. The second kappa shape index (κ2) is 7.70. The summed E-state index contributed by atoms with van der Waals surface area (Å²) in [5.74, 6) is 0.298. The molecule has 0 radical (unpaired) electrons. The van der Waals surface area contributed by atoms with Crippen LogP contribution in [0, 0.1) is 5.92 Å². The minimum atomic E-state index is -0.733. The number of imidazole rings is 1. The number of benzene rings is 2. The number of hydrogen-bond acceptors (Lipinski definition) is 6. The SMILES string of the molecule is CN(c1ccc2nc[nH]c2c1)c1nc(N2CCC(C(=O)O)CC2)nc2ccc(Cl)cc12. The van der Waals surface area contributed by atoms with Crippen molar-refractivity contribution in [1.82, 2.24) is 19.9 Å². The number of fused-ring (bicyclic) bond motifs is 2. The van der Waals surface area contributed by atoms with Crippen LogP contribution in [0.25, 0.3) is 21.9 Å². The Morgan fingerprint density at radius 2 is 1.94 bits per heavy atom. The molecule has 1 aliphatic heterocycles. The van der Waals surface area contributed by atoms with E-state index in [0.29, 0.717) is 36.9 Å². The zero-order valence-electron chi connectivity index (χ0n) is 16.9. The average Bonchev–Trinajstić information content (AvgIpc) is 3.26. The molecule has 4 aromatic rings. The van der Waals surface area contributed by atoms with Gasteiger partial charge in [-0.25, -0.2) is 9.97 Å². The number of nitrogens with zero attached hydrogens (tertiary/aromatic N) is 5.